The van der Waals surface area contributed by atoms with Crippen LogP contribution in [0.4, 0.5) is 19.0 Å². The van der Waals surface area contributed by atoms with Crippen molar-refractivity contribution in [2.75, 3.05) is 24.5 Å². The monoisotopic (exact) mass is 382 g/mol. The van der Waals surface area contributed by atoms with Gasteiger partial charge < -0.3 is 9.80 Å². The molecule has 3 atom stereocenters. The van der Waals surface area contributed by atoms with E-state index in [0.717, 1.165) is 19.3 Å². The molecule has 1 aromatic heterocycles. The number of amides is 1. The first-order valence-corrected chi connectivity index (χ1v) is 9.73. The number of carbonyl (C=O) groups excluding carboxylic acids is 1. The highest BCUT2D eigenvalue weighted by Gasteiger charge is 2.44. The van der Waals surface area contributed by atoms with E-state index in [2.05, 4.69) is 9.97 Å². The topological polar surface area (TPSA) is 49.3 Å². The van der Waals surface area contributed by atoms with Gasteiger partial charge in [-0.3, -0.25) is 4.79 Å². The van der Waals surface area contributed by atoms with Crippen LogP contribution >= 0.6 is 0 Å². The molecule has 0 saturated carbocycles. The molecule has 148 valence electrons. The first kappa shape index (κ1) is 18.5. The summed E-state index contributed by atoms with van der Waals surface area (Å²) in [6.07, 6.45) is -0.995. The summed E-state index contributed by atoms with van der Waals surface area (Å²) in [5, 5.41) is 0. The lowest BCUT2D eigenvalue weighted by Gasteiger charge is -2.52. The molecule has 27 heavy (non-hydrogen) atoms. The average molecular weight is 382 g/mol. The number of carbonyl (C=O) groups is 1. The number of aromatic nitrogens is 2. The minimum Gasteiger partial charge on any atom is -0.356 e. The summed E-state index contributed by atoms with van der Waals surface area (Å²) in [6.45, 7) is 5.67. The van der Waals surface area contributed by atoms with Crippen molar-refractivity contribution in [3.8, 4) is 0 Å². The Bertz CT molecular complexity index is 736. The molecule has 2 bridgehead atoms. The summed E-state index contributed by atoms with van der Waals surface area (Å²) >= 11 is 0. The SMILES string of the molecule is CC(C)c1cc(N2C[C@H]3C[C@H](C2)[C@@H]2CCCC(=O)N2C3)nc(C(F)(F)F)n1. The third-order valence-corrected chi connectivity index (χ3v) is 6.08. The van der Waals surface area contributed by atoms with Gasteiger partial charge in [-0.2, -0.15) is 13.2 Å². The number of anilines is 1. The smallest absolute Gasteiger partial charge is 0.356 e. The van der Waals surface area contributed by atoms with Crippen LogP contribution in [0.15, 0.2) is 6.07 Å². The molecule has 0 aliphatic carbocycles. The molecule has 0 aromatic carbocycles. The molecule has 3 fully saturated rings. The van der Waals surface area contributed by atoms with Crippen molar-refractivity contribution in [1.82, 2.24) is 14.9 Å². The van der Waals surface area contributed by atoms with Gasteiger partial charge in [0.1, 0.15) is 5.82 Å². The summed E-state index contributed by atoms with van der Waals surface area (Å²) in [7, 11) is 0. The lowest BCUT2D eigenvalue weighted by atomic mass is 9.76. The Morgan fingerprint density at radius 1 is 1.19 bits per heavy atom. The first-order chi connectivity index (χ1) is 12.7. The Balaban J connectivity index is 1.63. The van der Waals surface area contributed by atoms with Gasteiger partial charge in [-0.05, 0) is 37.0 Å². The second-order valence-electron chi connectivity index (χ2n) is 8.40. The van der Waals surface area contributed by atoms with Crippen LogP contribution < -0.4 is 4.90 Å². The van der Waals surface area contributed by atoms with Crippen LogP contribution in [0.25, 0.3) is 0 Å². The normalized spacial score (nSPS) is 28.5. The number of piperidine rings is 3. The van der Waals surface area contributed by atoms with E-state index in [1.807, 2.05) is 23.6 Å². The molecule has 1 aromatic rings. The summed E-state index contributed by atoms with van der Waals surface area (Å²) in [5.41, 5.74) is 0.414. The minimum atomic E-state index is -4.56. The van der Waals surface area contributed by atoms with Crippen LogP contribution in [0.2, 0.25) is 0 Å². The van der Waals surface area contributed by atoms with Crippen molar-refractivity contribution in [1.29, 1.82) is 0 Å². The average Bonchev–Trinajstić information content (AvgIpc) is 2.61. The lowest BCUT2D eigenvalue weighted by Crippen LogP contribution is -2.60. The van der Waals surface area contributed by atoms with Gasteiger partial charge in [0.05, 0.1) is 0 Å². The molecule has 4 rings (SSSR count). The fourth-order valence-corrected chi connectivity index (χ4v) is 4.83. The third-order valence-electron chi connectivity index (χ3n) is 6.08. The maximum absolute atomic E-state index is 13.3. The molecule has 3 aliphatic heterocycles. The Labute approximate surface area is 157 Å². The van der Waals surface area contributed by atoms with E-state index in [1.165, 1.54) is 0 Å². The number of halogens is 3. The molecular weight excluding hydrogens is 357 g/mol. The number of alkyl halides is 3. The largest absolute Gasteiger partial charge is 0.451 e. The molecule has 0 radical (unpaired) electrons. The highest BCUT2D eigenvalue weighted by atomic mass is 19.4. The summed E-state index contributed by atoms with van der Waals surface area (Å²) in [6, 6.07) is 1.92. The van der Waals surface area contributed by atoms with E-state index in [4.69, 9.17) is 0 Å². The van der Waals surface area contributed by atoms with Gasteiger partial charge in [-0.15, -0.1) is 0 Å². The molecule has 3 saturated heterocycles. The zero-order valence-corrected chi connectivity index (χ0v) is 15.7. The Kier molecular flexibility index (Phi) is 4.55. The Hall–Kier alpha value is -1.86. The van der Waals surface area contributed by atoms with Crippen molar-refractivity contribution < 1.29 is 18.0 Å². The second-order valence-corrected chi connectivity index (χ2v) is 8.40. The number of hydrogen-bond acceptors (Lipinski definition) is 4. The maximum atomic E-state index is 13.3. The van der Waals surface area contributed by atoms with Gasteiger partial charge in [0.2, 0.25) is 11.7 Å². The second kappa shape index (κ2) is 6.63. The molecule has 0 N–H and O–H groups in total. The zero-order valence-electron chi connectivity index (χ0n) is 15.7. The summed E-state index contributed by atoms with van der Waals surface area (Å²) < 4.78 is 39.9. The number of hydrogen-bond donors (Lipinski definition) is 0. The lowest BCUT2D eigenvalue weighted by molar-refractivity contribution is -0.145. The fourth-order valence-electron chi connectivity index (χ4n) is 4.83. The van der Waals surface area contributed by atoms with Crippen molar-refractivity contribution in [2.24, 2.45) is 11.8 Å². The van der Waals surface area contributed by atoms with Gasteiger partial charge in [0.25, 0.3) is 0 Å². The van der Waals surface area contributed by atoms with E-state index in [-0.39, 0.29) is 23.8 Å². The zero-order chi connectivity index (χ0) is 19.3. The Morgan fingerprint density at radius 3 is 2.67 bits per heavy atom. The van der Waals surface area contributed by atoms with E-state index in [9.17, 15) is 18.0 Å². The van der Waals surface area contributed by atoms with E-state index < -0.39 is 12.0 Å². The van der Waals surface area contributed by atoms with Gasteiger partial charge in [-0.1, -0.05) is 13.8 Å². The fraction of sp³-hybridized carbons (Fsp3) is 0.737. The molecule has 8 heteroatoms. The van der Waals surface area contributed by atoms with E-state index >= 15 is 0 Å². The molecule has 4 heterocycles. The van der Waals surface area contributed by atoms with Gasteiger partial charge in [-0.25, -0.2) is 9.97 Å². The highest BCUT2D eigenvalue weighted by molar-refractivity contribution is 5.77. The van der Waals surface area contributed by atoms with E-state index in [0.29, 0.717) is 43.5 Å². The molecular formula is C19H25F3N4O. The van der Waals surface area contributed by atoms with Gasteiger partial charge >= 0.3 is 6.18 Å². The van der Waals surface area contributed by atoms with Crippen molar-refractivity contribution in [3.63, 3.8) is 0 Å². The standard InChI is InChI=1S/C19H25F3N4O/c1-11(2)14-7-16(24-18(23-14)19(20,21)22)25-8-12-6-13(10-25)15-4-3-5-17(27)26(15)9-12/h7,11-13,15H,3-6,8-10H2,1-2H3/t12-,13-,15+/m1/s1. The molecule has 3 aliphatic rings. The van der Waals surface area contributed by atoms with Crippen molar-refractivity contribution in [3.05, 3.63) is 17.6 Å². The van der Waals surface area contributed by atoms with Crippen molar-refractivity contribution >= 4 is 11.7 Å². The number of nitrogens with zero attached hydrogens (tertiary/aromatic N) is 4. The molecule has 0 unspecified atom stereocenters. The van der Waals surface area contributed by atoms with Crippen LogP contribution in [-0.4, -0.2) is 46.5 Å². The molecule has 1 amide bonds. The van der Waals surface area contributed by atoms with Crippen LogP contribution in [-0.2, 0) is 11.0 Å². The van der Waals surface area contributed by atoms with Crippen LogP contribution in [0, 0.1) is 11.8 Å². The number of fused-ring (bicyclic) bond motifs is 4. The van der Waals surface area contributed by atoms with Crippen LogP contribution in [0.3, 0.4) is 0 Å². The molecule has 5 nitrogen and oxygen atoms in total. The predicted molar refractivity (Wildman–Crippen MR) is 94.3 cm³/mol. The first-order valence-electron chi connectivity index (χ1n) is 9.73. The number of rotatable bonds is 2. The molecule has 0 spiro atoms. The van der Waals surface area contributed by atoms with Gasteiger partial charge in [0, 0.05) is 43.9 Å². The maximum Gasteiger partial charge on any atom is 0.451 e. The summed E-state index contributed by atoms with van der Waals surface area (Å²) in [4.78, 5) is 23.9. The third kappa shape index (κ3) is 3.50. The quantitative estimate of drug-likeness (QED) is 0.786. The Morgan fingerprint density at radius 2 is 1.96 bits per heavy atom. The van der Waals surface area contributed by atoms with Crippen molar-refractivity contribution in [2.45, 2.75) is 57.7 Å². The van der Waals surface area contributed by atoms with Crippen LogP contribution in [0.5, 0.6) is 0 Å². The summed E-state index contributed by atoms with van der Waals surface area (Å²) in [5.74, 6) is 0.0177. The van der Waals surface area contributed by atoms with E-state index in [1.54, 1.807) is 6.07 Å². The van der Waals surface area contributed by atoms with Gasteiger partial charge in [0.15, 0.2) is 0 Å². The minimum absolute atomic E-state index is 0.108. The predicted octanol–water partition coefficient (Wildman–Crippen LogP) is 3.46. The highest BCUT2D eigenvalue weighted by Crippen LogP contribution is 2.39. The van der Waals surface area contributed by atoms with Crippen LogP contribution in [0.1, 0.15) is 57.0 Å².